The number of aryl methyl sites for hydroxylation is 1. The molecule has 0 aliphatic carbocycles. The van der Waals surface area contributed by atoms with Crippen LogP contribution in [0.15, 0.2) is 48.5 Å². The molecule has 3 aromatic rings. The molecule has 0 amide bonds. The maximum atomic E-state index is 5.57. The zero-order valence-electron chi connectivity index (χ0n) is 20.8. The molecule has 1 aliphatic heterocycles. The van der Waals surface area contributed by atoms with E-state index in [1.54, 1.807) is 7.11 Å². The average Bonchev–Trinajstić information content (AvgIpc) is 2.83. The van der Waals surface area contributed by atoms with E-state index in [0.717, 1.165) is 18.7 Å². The standard InChI is InChI=1S/C30H37NOS/c1-6-8-9-10-17-33-31-20-24-18-25(32-5)15-16-27(24)29-19-28(23-13-11-21(3)12-14-23)26(7-2)22(4)30(29)31/h11-16,18-19H,6-10,17,20H2,1-5H3. The molecule has 2 nitrogen and oxygen atoms in total. The van der Waals surface area contributed by atoms with Crippen molar-refractivity contribution in [1.29, 1.82) is 0 Å². The molecule has 0 radical (unpaired) electrons. The van der Waals surface area contributed by atoms with Crippen LogP contribution >= 0.6 is 11.9 Å². The summed E-state index contributed by atoms with van der Waals surface area (Å²) in [5.74, 6) is 2.10. The number of unbranched alkanes of at least 4 members (excludes halogenated alkanes) is 3. The van der Waals surface area contributed by atoms with Crippen molar-refractivity contribution >= 4 is 17.6 Å². The Morgan fingerprint density at radius 3 is 2.36 bits per heavy atom. The topological polar surface area (TPSA) is 12.5 Å². The molecule has 1 aliphatic rings. The Balaban J connectivity index is 1.82. The number of hydrogen-bond acceptors (Lipinski definition) is 3. The number of benzene rings is 3. The van der Waals surface area contributed by atoms with E-state index in [2.05, 4.69) is 80.5 Å². The molecule has 4 rings (SSSR count). The van der Waals surface area contributed by atoms with Crippen molar-refractivity contribution in [2.45, 2.75) is 66.3 Å². The van der Waals surface area contributed by atoms with Gasteiger partial charge >= 0.3 is 0 Å². The van der Waals surface area contributed by atoms with Gasteiger partial charge in [-0.15, -0.1) is 0 Å². The van der Waals surface area contributed by atoms with Gasteiger partial charge < -0.3 is 9.04 Å². The molecule has 0 aromatic heterocycles. The molecule has 3 aromatic carbocycles. The second kappa shape index (κ2) is 10.7. The molecular weight excluding hydrogens is 422 g/mol. The normalized spacial score (nSPS) is 12.5. The van der Waals surface area contributed by atoms with Crippen LogP contribution in [0.1, 0.15) is 61.8 Å². The Morgan fingerprint density at radius 2 is 1.67 bits per heavy atom. The van der Waals surface area contributed by atoms with Crippen molar-refractivity contribution in [3.63, 3.8) is 0 Å². The van der Waals surface area contributed by atoms with Crippen LogP contribution in [0.3, 0.4) is 0 Å². The van der Waals surface area contributed by atoms with Gasteiger partial charge in [-0.2, -0.15) is 0 Å². The van der Waals surface area contributed by atoms with Crippen molar-refractivity contribution in [1.82, 2.24) is 0 Å². The summed E-state index contributed by atoms with van der Waals surface area (Å²) < 4.78 is 8.12. The van der Waals surface area contributed by atoms with E-state index in [1.165, 1.54) is 81.6 Å². The van der Waals surface area contributed by atoms with Gasteiger partial charge in [-0.25, -0.2) is 0 Å². The molecule has 0 saturated heterocycles. The van der Waals surface area contributed by atoms with Gasteiger partial charge in [0.15, 0.2) is 0 Å². The highest BCUT2D eigenvalue weighted by molar-refractivity contribution is 8.00. The van der Waals surface area contributed by atoms with Gasteiger partial charge in [0.05, 0.1) is 19.3 Å². The van der Waals surface area contributed by atoms with Gasteiger partial charge in [0.25, 0.3) is 0 Å². The van der Waals surface area contributed by atoms with E-state index in [1.807, 2.05) is 11.9 Å². The molecule has 174 valence electrons. The van der Waals surface area contributed by atoms with Crippen LogP contribution in [0.2, 0.25) is 0 Å². The minimum Gasteiger partial charge on any atom is -0.497 e. The quantitative estimate of drug-likeness (QED) is 0.234. The van der Waals surface area contributed by atoms with Crippen molar-refractivity contribution in [3.8, 4) is 28.0 Å². The lowest BCUT2D eigenvalue weighted by molar-refractivity contribution is 0.414. The number of anilines is 1. The Bertz CT molecular complexity index is 1100. The Morgan fingerprint density at radius 1 is 0.879 bits per heavy atom. The van der Waals surface area contributed by atoms with Gasteiger partial charge in [0.2, 0.25) is 0 Å². The van der Waals surface area contributed by atoms with E-state index < -0.39 is 0 Å². The summed E-state index contributed by atoms with van der Waals surface area (Å²) in [5.41, 5.74) is 12.3. The molecule has 3 heteroatoms. The molecule has 1 heterocycles. The fourth-order valence-electron chi connectivity index (χ4n) is 4.96. The first-order chi connectivity index (χ1) is 16.1. The van der Waals surface area contributed by atoms with Gasteiger partial charge in [-0.1, -0.05) is 69.0 Å². The second-order valence-corrected chi connectivity index (χ2v) is 10.2. The molecule has 0 N–H and O–H groups in total. The Kier molecular flexibility index (Phi) is 7.70. The lowest BCUT2D eigenvalue weighted by Crippen LogP contribution is -2.22. The van der Waals surface area contributed by atoms with Crippen molar-refractivity contribution in [3.05, 3.63) is 70.8 Å². The number of rotatable bonds is 9. The van der Waals surface area contributed by atoms with Gasteiger partial charge in [-0.05, 0) is 90.2 Å². The van der Waals surface area contributed by atoms with Crippen molar-refractivity contribution < 1.29 is 4.74 Å². The van der Waals surface area contributed by atoms with E-state index in [-0.39, 0.29) is 0 Å². The summed E-state index contributed by atoms with van der Waals surface area (Å²) >= 11 is 2.00. The minimum absolute atomic E-state index is 0.922. The predicted molar refractivity (Wildman–Crippen MR) is 146 cm³/mol. The minimum atomic E-state index is 0.922. The fourth-order valence-corrected chi connectivity index (χ4v) is 6.11. The summed E-state index contributed by atoms with van der Waals surface area (Å²) in [4.78, 5) is 0. The van der Waals surface area contributed by atoms with E-state index in [0.29, 0.717) is 0 Å². The predicted octanol–water partition coefficient (Wildman–Crippen LogP) is 8.76. The maximum absolute atomic E-state index is 5.57. The zero-order chi connectivity index (χ0) is 23.4. The third-order valence-corrected chi connectivity index (χ3v) is 7.90. The fraction of sp³-hybridized carbons (Fsp3) is 0.400. The number of fused-ring (bicyclic) bond motifs is 3. The largest absolute Gasteiger partial charge is 0.497 e. The second-order valence-electron chi connectivity index (χ2n) is 9.10. The molecular formula is C30H37NOS. The van der Waals surface area contributed by atoms with Gasteiger partial charge in [-0.3, -0.25) is 0 Å². The summed E-state index contributed by atoms with van der Waals surface area (Å²) in [6.07, 6.45) is 6.24. The molecule has 0 bridgehead atoms. The molecule has 0 unspecified atom stereocenters. The summed E-state index contributed by atoms with van der Waals surface area (Å²) in [6.45, 7) is 9.97. The van der Waals surface area contributed by atoms with Crippen LogP contribution in [-0.4, -0.2) is 12.9 Å². The monoisotopic (exact) mass is 459 g/mol. The molecule has 33 heavy (non-hydrogen) atoms. The van der Waals surface area contributed by atoms with Gasteiger partial charge in [0, 0.05) is 11.3 Å². The highest BCUT2D eigenvalue weighted by Gasteiger charge is 2.27. The first kappa shape index (κ1) is 23.8. The van der Waals surface area contributed by atoms with Crippen LogP contribution in [0.4, 0.5) is 5.69 Å². The Hall–Kier alpha value is -2.39. The molecule has 0 fully saturated rings. The third kappa shape index (κ3) is 4.94. The summed E-state index contributed by atoms with van der Waals surface area (Å²) in [5, 5.41) is 0. The van der Waals surface area contributed by atoms with Crippen LogP contribution in [-0.2, 0) is 13.0 Å². The number of nitrogens with zero attached hydrogens (tertiary/aromatic N) is 1. The number of ether oxygens (including phenoxy) is 1. The third-order valence-electron chi connectivity index (χ3n) is 6.80. The summed E-state index contributed by atoms with van der Waals surface area (Å²) in [7, 11) is 1.76. The summed E-state index contributed by atoms with van der Waals surface area (Å²) in [6, 6.07) is 18.0. The maximum Gasteiger partial charge on any atom is 0.119 e. The van der Waals surface area contributed by atoms with E-state index >= 15 is 0 Å². The van der Waals surface area contributed by atoms with Gasteiger partial charge in [0.1, 0.15) is 5.75 Å². The van der Waals surface area contributed by atoms with Crippen molar-refractivity contribution in [2.24, 2.45) is 0 Å². The lowest BCUT2D eigenvalue weighted by Gasteiger charge is -2.35. The first-order valence-corrected chi connectivity index (χ1v) is 13.3. The van der Waals surface area contributed by atoms with Crippen LogP contribution in [0, 0.1) is 13.8 Å². The van der Waals surface area contributed by atoms with E-state index in [4.69, 9.17) is 4.74 Å². The van der Waals surface area contributed by atoms with Crippen LogP contribution in [0.5, 0.6) is 5.75 Å². The highest BCUT2D eigenvalue weighted by atomic mass is 32.2. The average molecular weight is 460 g/mol. The molecule has 0 saturated carbocycles. The smallest absolute Gasteiger partial charge is 0.119 e. The zero-order valence-corrected chi connectivity index (χ0v) is 21.6. The molecule has 0 spiro atoms. The van der Waals surface area contributed by atoms with Crippen molar-refractivity contribution in [2.75, 3.05) is 17.2 Å². The van der Waals surface area contributed by atoms with Crippen LogP contribution < -0.4 is 9.04 Å². The molecule has 0 atom stereocenters. The number of hydrogen-bond donors (Lipinski definition) is 0. The first-order valence-electron chi connectivity index (χ1n) is 12.4. The highest BCUT2D eigenvalue weighted by Crippen LogP contribution is 2.48. The Labute approximate surface area is 204 Å². The van der Waals surface area contributed by atoms with Crippen LogP contribution in [0.25, 0.3) is 22.3 Å². The number of methoxy groups -OCH3 is 1. The van der Waals surface area contributed by atoms with E-state index in [9.17, 15) is 0 Å². The SMILES string of the molecule is CCCCCCSN1Cc2cc(OC)ccc2-c2cc(-c3ccc(C)cc3)c(CC)c(C)c21. The lowest BCUT2D eigenvalue weighted by atomic mass is 9.85.